The Hall–Kier alpha value is -2.62. The van der Waals surface area contributed by atoms with Crippen molar-refractivity contribution in [3.63, 3.8) is 0 Å². The summed E-state index contributed by atoms with van der Waals surface area (Å²) in [7, 11) is 1.56. The molecule has 0 amide bonds. The maximum absolute atomic E-state index is 12.1. The van der Waals surface area contributed by atoms with Gasteiger partial charge >= 0.3 is 0 Å². The number of ether oxygens (including phenoxy) is 2. The number of carbonyl (C=O) groups is 2. The maximum Gasteiger partial charge on any atom is 0.170 e. The van der Waals surface area contributed by atoms with Crippen molar-refractivity contribution in [2.75, 3.05) is 13.7 Å². The predicted molar refractivity (Wildman–Crippen MR) is 83.9 cm³/mol. The molecule has 0 bridgehead atoms. The van der Waals surface area contributed by atoms with Crippen LogP contribution in [-0.2, 0) is 0 Å². The van der Waals surface area contributed by atoms with E-state index in [4.69, 9.17) is 9.47 Å². The number of hydrogen-bond donors (Lipinski definition) is 0. The topological polar surface area (TPSA) is 52.6 Å². The van der Waals surface area contributed by atoms with E-state index in [0.717, 1.165) is 0 Å². The third-order valence-electron chi connectivity index (χ3n) is 3.22. The lowest BCUT2D eigenvalue weighted by Gasteiger charge is -2.05. The number of carbonyl (C=O) groups excluding carboxylic acids is 2. The molecular formula is C18H18O4. The molecule has 0 radical (unpaired) electrons. The van der Waals surface area contributed by atoms with Crippen LogP contribution in [0.25, 0.3) is 0 Å². The fourth-order valence-electron chi connectivity index (χ4n) is 2.03. The number of methoxy groups -OCH3 is 1. The summed E-state index contributed by atoms with van der Waals surface area (Å²) in [5, 5.41) is 0. The molecule has 0 aromatic heterocycles. The van der Waals surface area contributed by atoms with Crippen LogP contribution in [0.4, 0.5) is 0 Å². The van der Waals surface area contributed by atoms with Gasteiger partial charge in [0.1, 0.15) is 11.5 Å². The van der Waals surface area contributed by atoms with Crippen molar-refractivity contribution in [3.05, 3.63) is 59.7 Å². The van der Waals surface area contributed by atoms with E-state index in [1.807, 2.05) is 6.92 Å². The Morgan fingerprint density at radius 1 is 0.818 bits per heavy atom. The molecule has 0 saturated carbocycles. The molecule has 0 atom stereocenters. The first kappa shape index (κ1) is 15.8. The highest BCUT2D eigenvalue weighted by Crippen LogP contribution is 2.16. The lowest BCUT2D eigenvalue weighted by molar-refractivity contribution is 0.0894. The van der Waals surface area contributed by atoms with Gasteiger partial charge in [-0.25, -0.2) is 0 Å². The van der Waals surface area contributed by atoms with Crippen molar-refractivity contribution < 1.29 is 19.1 Å². The van der Waals surface area contributed by atoms with Crippen LogP contribution in [0.2, 0.25) is 0 Å². The molecule has 0 saturated heterocycles. The number of benzene rings is 2. The molecule has 0 aliphatic heterocycles. The average Bonchev–Trinajstić information content (AvgIpc) is 2.55. The van der Waals surface area contributed by atoms with Crippen molar-refractivity contribution in [2.45, 2.75) is 13.3 Å². The lowest BCUT2D eigenvalue weighted by Crippen LogP contribution is -2.08. The fraction of sp³-hybridized carbons (Fsp3) is 0.222. The third-order valence-corrected chi connectivity index (χ3v) is 3.22. The fourth-order valence-corrected chi connectivity index (χ4v) is 2.03. The second-order valence-electron chi connectivity index (χ2n) is 4.71. The lowest BCUT2D eigenvalue weighted by atomic mass is 10.0. The first-order valence-electron chi connectivity index (χ1n) is 7.07. The van der Waals surface area contributed by atoms with Crippen LogP contribution < -0.4 is 9.47 Å². The van der Waals surface area contributed by atoms with E-state index in [-0.39, 0.29) is 18.0 Å². The van der Waals surface area contributed by atoms with Crippen LogP contribution in [0, 0.1) is 0 Å². The van der Waals surface area contributed by atoms with E-state index in [0.29, 0.717) is 29.2 Å². The van der Waals surface area contributed by atoms with Gasteiger partial charge in [-0.2, -0.15) is 0 Å². The summed E-state index contributed by atoms with van der Waals surface area (Å²) in [5.74, 6) is 0.973. The molecule has 0 N–H and O–H groups in total. The molecule has 22 heavy (non-hydrogen) atoms. The minimum Gasteiger partial charge on any atom is -0.497 e. The van der Waals surface area contributed by atoms with Gasteiger partial charge in [-0.1, -0.05) is 0 Å². The van der Waals surface area contributed by atoms with Crippen molar-refractivity contribution in [2.24, 2.45) is 0 Å². The number of rotatable bonds is 7. The molecule has 0 heterocycles. The number of Topliss-reactive ketones (excluding diaryl/α,β-unsaturated/α-hetero) is 2. The van der Waals surface area contributed by atoms with E-state index in [9.17, 15) is 9.59 Å². The Kier molecular flexibility index (Phi) is 5.31. The van der Waals surface area contributed by atoms with E-state index in [1.54, 1.807) is 55.6 Å². The summed E-state index contributed by atoms with van der Waals surface area (Å²) >= 11 is 0. The van der Waals surface area contributed by atoms with Crippen LogP contribution in [0.1, 0.15) is 34.1 Å². The molecule has 2 aromatic rings. The number of hydrogen-bond acceptors (Lipinski definition) is 4. The molecule has 0 aliphatic rings. The maximum atomic E-state index is 12.1. The molecular weight excluding hydrogens is 280 g/mol. The standard InChI is InChI=1S/C18H18O4/c1-3-22-16-10-6-14(7-11-16)18(20)12-17(19)13-4-8-15(21-2)9-5-13/h4-11H,3,12H2,1-2H3. The van der Waals surface area contributed by atoms with Crippen LogP contribution in [0.5, 0.6) is 11.5 Å². The van der Waals surface area contributed by atoms with E-state index < -0.39 is 0 Å². The van der Waals surface area contributed by atoms with Gasteiger partial charge in [-0.05, 0) is 55.5 Å². The monoisotopic (exact) mass is 298 g/mol. The van der Waals surface area contributed by atoms with Gasteiger partial charge in [0.2, 0.25) is 0 Å². The molecule has 114 valence electrons. The Morgan fingerprint density at radius 3 is 1.68 bits per heavy atom. The quantitative estimate of drug-likeness (QED) is 0.579. The molecule has 4 heteroatoms. The zero-order valence-electron chi connectivity index (χ0n) is 12.7. The first-order valence-corrected chi connectivity index (χ1v) is 7.07. The molecule has 0 spiro atoms. The largest absolute Gasteiger partial charge is 0.497 e. The van der Waals surface area contributed by atoms with Crippen molar-refractivity contribution in [1.29, 1.82) is 0 Å². The summed E-state index contributed by atoms with van der Waals surface area (Å²) in [6.45, 7) is 2.47. The van der Waals surface area contributed by atoms with Crippen LogP contribution in [-0.4, -0.2) is 25.3 Å². The molecule has 4 nitrogen and oxygen atoms in total. The summed E-state index contributed by atoms with van der Waals surface area (Å²) < 4.78 is 10.4. The Bertz CT molecular complexity index is 642. The normalized spacial score (nSPS) is 10.1. The minimum absolute atomic E-state index is 0.152. The van der Waals surface area contributed by atoms with Crippen LogP contribution in [0.15, 0.2) is 48.5 Å². The van der Waals surface area contributed by atoms with Crippen molar-refractivity contribution >= 4 is 11.6 Å². The van der Waals surface area contributed by atoms with Crippen molar-refractivity contribution in [1.82, 2.24) is 0 Å². The highest BCUT2D eigenvalue weighted by Gasteiger charge is 2.14. The SMILES string of the molecule is CCOc1ccc(C(=O)CC(=O)c2ccc(OC)cc2)cc1. The van der Waals surface area contributed by atoms with Gasteiger partial charge < -0.3 is 9.47 Å². The summed E-state index contributed by atoms with van der Waals surface area (Å²) in [4.78, 5) is 24.2. The van der Waals surface area contributed by atoms with E-state index in [2.05, 4.69) is 0 Å². The van der Waals surface area contributed by atoms with E-state index >= 15 is 0 Å². The first-order chi connectivity index (χ1) is 10.6. The molecule has 0 fully saturated rings. The Balaban J connectivity index is 2.02. The zero-order chi connectivity index (χ0) is 15.9. The second kappa shape index (κ2) is 7.41. The summed E-state index contributed by atoms with van der Waals surface area (Å²) in [5.41, 5.74) is 1.01. The molecule has 0 aliphatic carbocycles. The van der Waals surface area contributed by atoms with Gasteiger partial charge in [0.25, 0.3) is 0 Å². The molecule has 0 unspecified atom stereocenters. The van der Waals surface area contributed by atoms with Crippen molar-refractivity contribution in [3.8, 4) is 11.5 Å². The van der Waals surface area contributed by atoms with Crippen LogP contribution in [0.3, 0.4) is 0 Å². The van der Waals surface area contributed by atoms with Crippen LogP contribution >= 0.6 is 0 Å². The molecule has 2 rings (SSSR count). The number of ketones is 2. The van der Waals surface area contributed by atoms with Gasteiger partial charge in [0, 0.05) is 11.1 Å². The zero-order valence-corrected chi connectivity index (χ0v) is 12.7. The van der Waals surface area contributed by atoms with E-state index in [1.165, 1.54) is 0 Å². The third kappa shape index (κ3) is 3.95. The molecule has 2 aromatic carbocycles. The summed E-state index contributed by atoms with van der Waals surface area (Å²) in [6.07, 6.45) is -0.152. The highest BCUT2D eigenvalue weighted by atomic mass is 16.5. The Morgan fingerprint density at radius 2 is 1.27 bits per heavy atom. The average molecular weight is 298 g/mol. The smallest absolute Gasteiger partial charge is 0.170 e. The van der Waals surface area contributed by atoms with Gasteiger partial charge in [-0.15, -0.1) is 0 Å². The summed E-state index contributed by atoms with van der Waals surface area (Å²) in [6, 6.07) is 13.5. The van der Waals surface area contributed by atoms with Gasteiger partial charge in [0.05, 0.1) is 20.1 Å². The minimum atomic E-state index is -0.207. The second-order valence-corrected chi connectivity index (χ2v) is 4.71. The van der Waals surface area contributed by atoms with Gasteiger partial charge in [-0.3, -0.25) is 9.59 Å². The van der Waals surface area contributed by atoms with Gasteiger partial charge in [0.15, 0.2) is 11.6 Å². The Labute approximate surface area is 129 Å². The highest BCUT2D eigenvalue weighted by molar-refractivity contribution is 6.13. The predicted octanol–water partition coefficient (Wildman–Crippen LogP) is 3.55.